The summed E-state index contributed by atoms with van der Waals surface area (Å²) in [6.45, 7) is 2.18. The number of benzene rings is 3. The standard InChI is InChI=1S/C26H23FN2O3/c1-17-4-3-5-21(16-17)28-24-23(19-8-10-20(27)11-9-19)25(30)29(26(24)31)15-14-18-6-12-22(32-2)13-7-18/h3-13,16,28H,14-15H2,1-2H3. The van der Waals surface area contributed by atoms with E-state index in [0.717, 1.165) is 16.9 Å². The van der Waals surface area contributed by atoms with Crippen molar-refractivity contribution in [2.24, 2.45) is 0 Å². The summed E-state index contributed by atoms with van der Waals surface area (Å²) in [7, 11) is 1.60. The molecule has 1 aliphatic rings. The highest BCUT2D eigenvalue weighted by atomic mass is 19.1. The van der Waals surface area contributed by atoms with Crippen LogP contribution < -0.4 is 10.1 Å². The number of aryl methyl sites for hydroxylation is 1. The van der Waals surface area contributed by atoms with Gasteiger partial charge in [0, 0.05) is 12.2 Å². The smallest absolute Gasteiger partial charge is 0.278 e. The van der Waals surface area contributed by atoms with Gasteiger partial charge in [0.15, 0.2) is 0 Å². The van der Waals surface area contributed by atoms with Crippen LogP contribution in [0.1, 0.15) is 16.7 Å². The highest BCUT2D eigenvalue weighted by Crippen LogP contribution is 2.31. The minimum Gasteiger partial charge on any atom is -0.497 e. The second kappa shape index (κ2) is 9.06. The molecule has 0 saturated carbocycles. The van der Waals surface area contributed by atoms with Crippen LogP contribution in [0.2, 0.25) is 0 Å². The number of nitrogens with zero attached hydrogens (tertiary/aromatic N) is 1. The van der Waals surface area contributed by atoms with Crippen LogP contribution in [-0.2, 0) is 16.0 Å². The molecule has 0 atom stereocenters. The largest absolute Gasteiger partial charge is 0.497 e. The number of rotatable bonds is 7. The first-order valence-electron chi connectivity index (χ1n) is 10.3. The van der Waals surface area contributed by atoms with Crippen LogP contribution in [-0.4, -0.2) is 30.4 Å². The summed E-state index contributed by atoms with van der Waals surface area (Å²) in [5.41, 5.74) is 3.64. The summed E-state index contributed by atoms with van der Waals surface area (Å²) in [5.74, 6) is -0.461. The molecular formula is C26H23FN2O3. The summed E-state index contributed by atoms with van der Waals surface area (Å²) in [6, 6.07) is 20.6. The summed E-state index contributed by atoms with van der Waals surface area (Å²) in [4.78, 5) is 27.8. The van der Waals surface area contributed by atoms with Crippen LogP contribution in [0.15, 0.2) is 78.5 Å². The first kappa shape index (κ1) is 21.3. The third-order valence-corrected chi connectivity index (χ3v) is 5.37. The lowest BCUT2D eigenvalue weighted by Gasteiger charge is -2.15. The molecule has 32 heavy (non-hydrogen) atoms. The number of hydrogen-bond acceptors (Lipinski definition) is 4. The van der Waals surface area contributed by atoms with E-state index in [4.69, 9.17) is 4.74 Å². The van der Waals surface area contributed by atoms with Gasteiger partial charge in [0.1, 0.15) is 17.3 Å². The van der Waals surface area contributed by atoms with Gasteiger partial charge < -0.3 is 10.1 Å². The molecule has 0 fully saturated rings. The fourth-order valence-corrected chi connectivity index (χ4v) is 3.68. The van der Waals surface area contributed by atoms with Gasteiger partial charge in [-0.25, -0.2) is 4.39 Å². The first-order chi connectivity index (χ1) is 15.5. The van der Waals surface area contributed by atoms with Gasteiger partial charge in [-0.2, -0.15) is 0 Å². The van der Waals surface area contributed by atoms with Crippen LogP contribution >= 0.6 is 0 Å². The monoisotopic (exact) mass is 430 g/mol. The van der Waals surface area contributed by atoms with Crippen molar-refractivity contribution in [3.8, 4) is 5.75 Å². The second-order valence-corrected chi connectivity index (χ2v) is 7.61. The van der Waals surface area contributed by atoms with Gasteiger partial charge in [0.25, 0.3) is 11.8 Å². The van der Waals surface area contributed by atoms with Crippen molar-refractivity contribution >= 4 is 23.1 Å². The number of imide groups is 1. The molecule has 0 unspecified atom stereocenters. The highest BCUT2D eigenvalue weighted by molar-refractivity contribution is 6.36. The molecule has 6 heteroatoms. The van der Waals surface area contributed by atoms with Crippen LogP contribution in [0.5, 0.6) is 5.75 Å². The zero-order valence-corrected chi connectivity index (χ0v) is 17.9. The van der Waals surface area contributed by atoms with E-state index in [9.17, 15) is 14.0 Å². The van der Waals surface area contributed by atoms with E-state index in [-0.39, 0.29) is 17.8 Å². The van der Waals surface area contributed by atoms with Crippen molar-refractivity contribution in [3.05, 3.63) is 101 Å². The quantitative estimate of drug-likeness (QED) is 0.558. The van der Waals surface area contributed by atoms with Crippen molar-refractivity contribution in [2.45, 2.75) is 13.3 Å². The number of carbonyl (C=O) groups is 2. The molecule has 1 N–H and O–H groups in total. The topological polar surface area (TPSA) is 58.6 Å². The molecule has 0 saturated heterocycles. The maximum Gasteiger partial charge on any atom is 0.278 e. The van der Waals surface area contributed by atoms with E-state index in [1.165, 1.54) is 29.2 Å². The summed E-state index contributed by atoms with van der Waals surface area (Å²) in [5, 5.41) is 3.13. The Kier molecular flexibility index (Phi) is 6.03. The molecule has 162 valence electrons. The van der Waals surface area contributed by atoms with Gasteiger partial charge in [0.05, 0.1) is 12.7 Å². The van der Waals surface area contributed by atoms with Crippen LogP contribution in [0.3, 0.4) is 0 Å². The first-order valence-corrected chi connectivity index (χ1v) is 10.3. The molecule has 0 spiro atoms. The summed E-state index contributed by atoms with van der Waals surface area (Å²) < 4.78 is 18.6. The maximum absolute atomic E-state index is 13.5. The lowest BCUT2D eigenvalue weighted by atomic mass is 10.0. The number of hydrogen-bond donors (Lipinski definition) is 1. The van der Waals surface area contributed by atoms with Gasteiger partial charge in [-0.05, 0) is 66.4 Å². The van der Waals surface area contributed by atoms with E-state index in [1.54, 1.807) is 7.11 Å². The van der Waals surface area contributed by atoms with Crippen molar-refractivity contribution in [2.75, 3.05) is 19.0 Å². The molecule has 3 aromatic rings. The Morgan fingerprint density at radius 1 is 0.938 bits per heavy atom. The SMILES string of the molecule is COc1ccc(CCN2C(=O)C(Nc3cccc(C)c3)=C(c3ccc(F)cc3)C2=O)cc1. The molecule has 0 aliphatic carbocycles. The molecular weight excluding hydrogens is 407 g/mol. The van der Waals surface area contributed by atoms with Gasteiger partial charge in [-0.15, -0.1) is 0 Å². The minimum atomic E-state index is -0.407. The molecule has 0 bridgehead atoms. The fourth-order valence-electron chi connectivity index (χ4n) is 3.68. The zero-order valence-electron chi connectivity index (χ0n) is 17.9. The summed E-state index contributed by atoms with van der Waals surface area (Å²) in [6.07, 6.45) is 0.510. The van der Waals surface area contributed by atoms with Crippen molar-refractivity contribution in [3.63, 3.8) is 0 Å². The van der Waals surface area contributed by atoms with Gasteiger partial charge in [0.2, 0.25) is 0 Å². The average molecular weight is 430 g/mol. The van der Waals surface area contributed by atoms with Crippen LogP contribution in [0, 0.1) is 12.7 Å². The molecule has 0 aromatic heterocycles. The number of anilines is 1. The molecule has 1 heterocycles. The van der Waals surface area contributed by atoms with Gasteiger partial charge in [-0.1, -0.05) is 36.4 Å². The summed E-state index contributed by atoms with van der Waals surface area (Å²) >= 11 is 0. The molecule has 5 nitrogen and oxygen atoms in total. The Labute approximate surface area is 186 Å². The maximum atomic E-state index is 13.5. The van der Waals surface area contributed by atoms with E-state index in [1.807, 2.05) is 55.5 Å². The van der Waals surface area contributed by atoms with Crippen molar-refractivity contribution < 1.29 is 18.7 Å². The number of carbonyl (C=O) groups excluding carboxylic acids is 2. The molecule has 0 radical (unpaired) electrons. The number of nitrogens with one attached hydrogen (secondary N) is 1. The Morgan fingerprint density at radius 2 is 1.66 bits per heavy atom. The average Bonchev–Trinajstić information content (AvgIpc) is 3.02. The molecule has 3 aromatic carbocycles. The lowest BCUT2D eigenvalue weighted by molar-refractivity contribution is -0.136. The van der Waals surface area contributed by atoms with E-state index in [2.05, 4.69) is 5.32 Å². The molecule has 2 amide bonds. The van der Waals surface area contributed by atoms with Crippen LogP contribution in [0.25, 0.3) is 5.57 Å². The highest BCUT2D eigenvalue weighted by Gasteiger charge is 2.38. The fraction of sp³-hybridized carbons (Fsp3) is 0.154. The number of methoxy groups -OCH3 is 1. The molecule has 4 rings (SSSR count). The number of halogens is 1. The van der Waals surface area contributed by atoms with Gasteiger partial charge >= 0.3 is 0 Å². The Bertz CT molecular complexity index is 1180. The van der Waals surface area contributed by atoms with E-state index >= 15 is 0 Å². The predicted molar refractivity (Wildman–Crippen MR) is 122 cm³/mol. The van der Waals surface area contributed by atoms with E-state index in [0.29, 0.717) is 17.7 Å². The third kappa shape index (κ3) is 4.39. The second-order valence-electron chi connectivity index (χ2n) is 7.61. The number of ether oxygens (including phenoxy) is 1. The third-order valence-electron chi connectivity index (χ3n) is 5.37. The van der Waals surface area contributed by atoms with Gasteiger partial charge in [-0.3, -0.25) is 14.5 Å². The number of amides is 2. The zero-order chi connectivity index (χ0) is 22.7. The van der Waals surface area contributed by atoms with Crippen molar-refractivity contribution in [1.82, 2.24) is 4.90 Å². The van der Waals surface area contributed by atoms with Crippen LogP contribution in [0.4, 0.5) is 10.1 Å². The normalized spacial score (nSPS) is 13.7. The Morgan fingerprint density at radius 3 is 2.31 bits per heavy atom. The van der Waals surface area contributed by atoms with Crippen molar-refractivity contribution in [1.29, 1.82) is 0 Å². The Balaban J connectivity index is 1.63. The minimum absolute atomic E-state index is 0.196. The molecule has 1 aliphatic heterocycles. The lowest BCUT2D eigenvalue weighted by Crippen LogP contribution is -2.34. The Hall–Kier alpha value is -3.93. The van der Waals surface area contributed by atoms with E-state index < -0.39 is 17.6 Å². The predicted octanol–water partition coefficient (Wildman–Crippen LogP) is 4.58.